The third kappa shape index (κ3) is 5.96. The van der Waals surface area contributed by atoms with Gasteiger partial charge in [-0.15, -0.1) is 0 Å². The van der Waals surface area contributed by atoms with E-state index in [-0.39, 0.29) is 17.0 Å². The van der Waals surface area contributed by atoms with Gasteiger partial charge in [-0.25, -0.2) is 9.78 Å². The number of carbonyl (C=O) groups excluding carboxylic acids is 1. The van der Waals surface area contributed by atoms with Crippen molar-refractivity contribution in [3.05, 3.63) is 96.2 Å². The molecule has 1 aliphatic heterocycles. The molecule has 0 spiro atoms. The molecule has 210 valence electrons. The Morgan fingerprint density at radius 2 is 1.68 bits per heavy atom. The van der Waals surface area contributed by atoms with Crippen molar-refractivity contribution in [2.45, 2.75) is 19.4 Å². The molecule has 1 aromatic heterocycles. The van der Waals surface area contributed by atoms with E-state index in [9.17, 15) is 4.79 Å². The fourth-order valence-corrected chi connectivity index (χ4v) is 4.95. The normalized spacial score (nSPS) is 13.2. The van der Waals surface area contributed by atoms with Gasteiger partial charge in [0.1, 0.15) is 22.8 Å². The summed E-state index contributed by atoms with van der Waals surface area (Å²) in [6, 6.07) is 22.8. The van der Waals surface area contributed by atoms with Crippen LogP contribution in [0.3, 0.4) is 0 Å². The van der Waals surface area contributed by atoms with Gasteiger partial charge in [0.2, 0.25) is 5.88 Å². The number of carbonyl (C=O) groups is 1. The van der Waals surface area contributed by atoms with Crippen LogP contribution in [0.25, 0.3) is 16.7 Å². The Labute approximate surface area is 239 Å². The lowest BCUT2D eigenvalue weighted by molar-refractivity contribution is 0.0730. The number of nitrogens with zero attached hydrogens (tertiary/aromatic N) is 1. The summed E-state index contributed by atoms with van der Waals surface area (Å²) >= 11 is 0. The van der Waals surface area contributed by atoms with Crippen LogP contribution in [0.5, 0.6) is 23.1 Å². The molecule has 8 nitrogen and oxygen atoms in total. The lowest BCUT2D eigenvalue weighted by Gasteiger charge is -2.33. The van der Waals surface area contributed by atoms with Gasteiger partial charge in [0.15, 0.2) is 0 Å². The molecule has 0 saturated heterocycles. The molecule has 0 fully saturated rings. The second-order valence-electron chi connectivity index (χ2n) is 10.1. The minimum atomic E-state index is -0.565. The Hall–Kier alpha value is -4.98. The third-order valence-electron chi connectivity index (χ3n) is 6.81. The van der Waals surface area contributed by atoms with Gasteiger partial charge in [0.25, 0.3) is 0 Å². The van der Waals surface area contributed by atoms with Gasteiger partial charge in [-0.2, -0.15) is 0 Å². The number of nitrogens with one attached hydrogen (secondary N) is 2. The van der Waals surface area contributed by atoms with Crippen LogP contribution in [0.2, 0.25) is 0 Å². The minimum absolute atomic E-state index is 0.205. The van der Waals surface area contributed by atoms with Gasteiger partial charge in [0, 0.05) is 35.6 Å². The highest BCUT2D eigenvalue weighted by atomic mass is 16.5. The van der Waals surface area contributed by atoms with Crippen LogP contribution < -0.4 is 29.6 Å². The smallest absolute Gasteiger partial charge is 0.349 e. The molecule has 0 amide bonds. The number of esters is 1. The number of para-hydroxylation sites is 2. The van der Waals surface area contributed by atoms with Crippen LogP contribution in [0, 0.1) is 0 Å². The first-order valence-corrected chi connectivity index (χ1v) is 13.2. The van der Waals surface area contributed by atoms with Gasteiger partial charge in [0.05, 0.1) is 32.6 Å². The van der Waals surface area contributed by atoms with Crippen LogP contribution in [0.1, 0.15) is 29.8 Å². The highest BCUT2D eigenvalue weighted by Crippen LogP contribution is 2.40. The second kappa shape index (κ2) is 11.6. The quantitative estimate of drug-likeness (QED) is 0.176. The van der Waals surface area contributed by atoms with Gasteiger partial charge in [-0.05, 0) is 73.5 Å². The van der Waals surface area contributed by atoms with Crippen molar-refractivity contribution in [3.63, 3.8) is 0 Å². The molecule has 0 saturated carbocycles. The molecule has 2 heterocycles. The maximum Gasteiger partial charge on any atom is 0.349 e. The van der Waals surface area contributed by atoms with Crippen molar-refractivity contribution >= 4 is 22.9 Å². The average molecular weight is 552 g/mol. The Balaban J connectivity index is 1.43. The fraction of sp³-hybridized carbons (Fsp3) is 0.212. The van der Waals surface area contributed by atoms with Crippen molar-refractivity contribution in [1.29, 1.82) is 0 Å². The number of aromatic nitrogens is 1. The first-order chi connectivity index (χ1) is 19.8. The number of ether oxygens (including phenoxy) is 4. The Kier molecular flexibility index (Phi) is 7.83. The molecule has 2 N–H and O–H groups in total. The number of pyridine rings is 1. The molecule has 0 unspecified atom stereocenters. The number of anilines is 2. The number of fused-ring (bicyclic) bond motifs is 1. The van der Waals surface area contributed by atoms with Crippen LogP contribution in [0.15, 0.2) is 85.1 Å². The molecule has 0 radical (unpaired) electrons. The van der Waals surface area contributed by atoms with Crippen molar-refractivity contribution in [1.82, 2.24) is 4.98 Å². The van der Waals surface area contributed by atoms with E-state index in [2.05, 4.69) is 53.7 Å². The molecule has 3 aromatic carbocycles. The topological polar surface area (TPSA) is 90.9 Å². The second-order valence-corrected chi connectivity index (χ2v) is 10.1. The van der Waals surface area contributed by atoms with Crippen LogP contribution in [-0.4, -0.2) is 44.4 Å². The predicted molar refractivity (Wildman–Crippen MR) is 161 cm³/mol. The number of hydrogen-bond acceptors (Lipinski definition) is 8. The summed E-state index contributed by atoms with van der Waals surface area (Å²) in [6.07, 6.45) is 3.80. The lowest BCUT2D eigenvalue weighted by atomic mass is 9.88. The third-order valence-corrected chi connectivity index (χ3v) is 6.81. The van der Waals surface area contributed by atoms with Crippen LogP contribution in [-0.2, 0) is 0 Å². The molecule has 8 heteroatoms. The monoisotopic (exact) mass is 551 g/mol. The maximum absolute atomic E-state index is 12.8. The van der Waals surface area contributed by atoms with E-state index < -0.39 is 5.97 Å². The number of benzene rings is 3. The Bertz CT molecular complexity index is 1610. The first-order valence-electron chi connectivity index (χ1n) is 13.2. The number of methoxy groups -OCH3 is 3. The molecule has 4 aromatic rings. The van der Waals surface area contributed by atoms with Crippen molar-refractivity contribution < 1.29 is 23.7 Å². The first kappa shape index (κ1) is 27.6. The van der Waals surface area contributed by atoms with E-state index in [0.717, 1.165) is 39.4 Å². The van der Waals surface area contributed by atoms with E-state index in [1.807, 2.05) is 30.3 Å². The molecule has 5 rings (SSSR count). The Morgan fingerprint density at radius 3 is 2.46 bits per heavy atom. The molecule has 0 aliphatic carbocycles. The van der Waals surface area contributed by atoms with Gasteiger partial charge < -0.3 is 29.6 Å². The van der Waals surface area contributed by atoms with Gasteiger partial charge in [-0.3, -0.25) is 0 Å². The summed E-state index contributed by atoms with van der Waals surface area (Å²) in [4.78, 5) is 16.9. The van der Waals surface area contributed by atoms with Crippen molar-refractivity contribution in [2.75, 3.05) is 38.5 Å². The number of hydrogen-bond donors (Lipinski definition) is 2. The van der Waals surface area contributed by atoms with E-state index in [4.69, 9.17) is 18.9 Å². The summed E-state index contributed by atoms with van der Waals surface area (Å²) < 4.78 is 22.1. The van der Waals surface area contributed by atoms with Crippen molar-refractivity contribution in [2.24, 2.45) is 0 Å². The van der Waals surface area contributed by atoms with E-state index in [1.165, 1.54) is 7.11 Å². The Morgan fingerprint density at radius 1 is 0.878 bits per heavy atom. The number of rotatable bonds is 9. The maximum atomic E-state index is 12.8. The summed E-state index contributed by atoms with van der Waals surface area (Å²) in [7, 11) is 4.73. The van der Waals surface area contributed by atoms with E-state index in [0.29, 0.717) is 18.0 Å². The predicted octanol–water partition coefficient (Wildman–Crippen LogP) is 6.69. The zero-order chi connectivity index (χ0) is 29.0. The van der Waals surface area contributed by atoms with Gasteiger partial charge in [-0.1, -0.05) is 24.3 Å². The standard InChI is InChI=1S/C33H33N3O5/c1-33(2)19-22(20-35-28-10-6-7-11-29(28)38-3)26-17-21(12-15-27(26)36-33)24-14-13-23(18-30(24)39-4)41-32(37)25-9-8-16-34-31(25)40-5/h6-19,35-36H,20H2,1-5H3. The zero-order valence-electron chi connectivity index (χ0n) is 23.8. The lowest BCUT2D eigenvalue weighted by Crippen LogP contribution is -2.32. The molecule has 41 heavy (non-hydrogen) atoms. The summed E-state index contributed by atoms with van der Waals surface area (Å²) in [5, 5.41) is 7.15. The average Bonchev–Trinajstić information content (AvgIpc) is 2.99. The van der Waals surface area contributed by atoms with Crippen LogP contribution in [0.4, 0.5) is 11.4 Å². The summed E-state index contributed by atoms with van der Waals surface area (Å²) in [5.74, 6) is 1.36. The van der Waals surface area contributed by atoms with Crippen LogP contribution >= 0.6 is 0 Å². The van der Waals surface area contributed by atoms with Crippen molar-refractivity contribution in [3.8, 4) is 34.3 Å². The fourth-order valence-electron chi connectivity index (χ4n) is 4.95. The molecule has 1 aliphatic rings. The highest BCUT2D eigenvalue weighted by molar-refractivity contribution is 5.93. The van der Waals surface area contributed by atoms with E-state index in [1.54, 1.807) is 44.7 Å². The molecular weight excluding hydrogens is 518 g/mol. The summed E-state index contributed by atoms with van der Waals surface area (Å²) in [5.41, 5.74) is 6.09. The highest BCUT2D eigenvalue weighted by Gasteiger charge is 2.25. The molecule has 0 atom stereocenters. The van der Waals surface area contributed by atoms with Gasteiger partial charge >= 0.3 is 5.97 Å². The summed E-state index contributed by atoms with van der Waals surface area (Å²) in [6.45, 7) is 4.92. The van der Waals surface area contributed by atoms with E-state index >= 15 is 0 Å². The zero-order valence-corrected chi connectivity index (χ0v) is 23.8. The minimum Gasteiger partial charge on any atom is -0.496 e. The largest absolute Gasteiger partial charge is 0.496 e. The molecule has 0 bridgehead atoms. The molecular formula is C33H33N3O5. The SMILES string of the molecule is COc1ccccc1NCC1=CC(C)(C)Nc2ccc(-c3ccc(OC(=O)c4cccnc4OC)cc3OC)cc21.